The molecule has 3 heterocycles. The monoisotopic (exact) mass is 463 g/mol. The highest BCUT2D eigenvalue weighted by atomic mass is 19.1. The summed E-state index contributed by atoms with van der Waals surface area (Å²) in [6.45, 7) is 0.165. The van der Waals surface area contributed by atoms with Gasteiger partial charge in [0, 0.05) is 18.7 Å². The Bertz CT molecular complexity index is 1020. The summed E-state index contributed by atoms with van der Waals surface area (Å²) in [6.07, 6.45) is 2.34. The highest BCUT2D eigenvalue weighted by Crippen LogP contribution is 2.32. The van der Waals surface area contributed by atoms with E-state index in [1.807, 2.05) is 6.08 Å². The highest BCUT2D eigenvalue weighted by Gasteiger charge is 2.34. The molecule has 0 aromatic heterocycles. The van der Waals surface area contributed by atoms with Gasteiger partial charge in [-0.05, 0) is 30.2 Å². The molecule has 0 spiro atoms. The molecule has 1 saturated heterocycles. The van der Waals surface area contributed by atoms with Crippen LogP contribution in [-0.2, 0) is 14.3 Å². The summed E-state index contributed by atoms with van der Waals surface area (Å²) >= 11 is 0. The zero-order chi connectivity index (χ0) is 23.5. The lowest BCUT2D eigenvalue weighted by molar-refractivity contribution is -0.141. The Kier molecular flexibility index (Phi) is 6.70. The van der Waals surface area contributed by atoms with Gasteiger partial charge in [0.1, 0.15) is 18.2 Å². The van der Waals surface area contributed by atoms with Crippen LogP contribution in [0.5, 0.6) is 0 Å². The lowest BCUT2D eigenvalue weighted by Crippen LogP contribution is -2.42. The molecule has 0 aliphatic carbocycles. The molecule has 4 rings (SSSR count). The average Bonchev–Trinajstić information content (AvgIpc) is 3.46. The zero-order valence-electron chi connectivity index (χ0n) is 17.6. The maximum Gasteiger partial charge on any atom is 0.414 e. The van der Waals surface area contributed by atoms with Gasteiger partial charge in [-0.1, -0.05) is 12.2 Å². The number of halogens is 2. The van der Waals surface area contributed by atoms with Gasteiger partial charge in [-0.25, -0.2) is 18.6 Å². The molecule has 2 unspecified atom stereocenters. The number of carbonyl (C=O) groups excluding carboxylic acids is 2. The van der Waals surface area contributed by atoms with Crippen molar-refractivity contribution in [1.82, 2.24) is 4.90 Å². The second kappa shape index (κ2) is 9.67. The van der Waals surface area contributed by atoms with Crippen LogP contribution >= 0.6 is 0 Å². The molecule has 11 heteroatoms. The maximum absolute atomic E-state index is 14.9. The predicted molar refractivity (Wildman–Crippen MR) is 114 cm³/mol. The minimum absolute atomic E-state index is 0.0265. The molecule has 2 amide bonds. The molecule has 3 aliphatic rings. The summed E-state index contributed by atoms with van der Waals surface area (Å²) in [7, 11) is 0. The Labute approximate surface area is 188 Å². The number of aliphatic hydroxyl groups is 2. The minimum Gasteiger partial charge on any atom is -0.474 e. The first-order chi connectivity index (χ1) is 15.9. The summed E-state index contributed by atoms with van der Waals surface area (Å²) in [5.74, 6) is -1.89. The average molecular weight is 463 g/mol. The van der Waals surface area contributed by atoms with Crippen LogP contribution in [0.2, 0.25) is 0 Å². The number of anilines is 1. The Balaban J connectivity index is 1.44. The van der Waals surface area contributed by atoms with Gasteiger partial charge >= 0.3 is 6.09 Å². The Hall–Kier alpha value is -3.31. The van der Waals surface area contributed by atoms with Crippen molar-refractivity contribution in [1.29, 1.82) is 0 Å². The van der Waals surface area contributed by atoms with E-state index in [9.17, 15) is 23.5 Å². The van der Waals surface area contributed by atoms with Crippen LogP contribution in [-0.4, -0.2) is 84.6 Å². The smallest absolute Gasteiger partial charge is 0.414 e. The first kappa shape index (κ1) is 22.9. The van der Waals surface area contributed by atoms with Crippen LogP contribution in [0.15, 0.2) is 35.4 Å². The molecule has 3 aliphatic heterocycles. The summed E-state index contributed by atoms with van der Waals surface area (Å²) in [6, 6.07) is 2.14. The number of cyclic esters (lactones) is 1. The molecule has 33 heavy (non-hydrogen) atoms. The normalized spacial score (nSPS) is 21.1. The van der Waals surface area contributed by atoms with E-state index in [-0.39, 0.29) is 43.9 Å². The number of nitrogens with zero attached hydrogens (tertiary/aromatic N) is 3. The topological polar surface area (TPSA) is 112 Å². The van der Waals surface area contributed by atoms with Crippen molar-refractivity contribution in [3.05, 3.63) is 47.6 Å². The van der Waals surface area contributed by atoms with Crippen LogP contribution in [0, 0.1) is 11.6 Å². The largest absolute Gasteiger partial charge is 0.474 e. The number of benzene rings is 1. The Morgan fingerprint density at radius 1 is 1.33 bits per heavy atom. The van der Waals surface area contributed by atoms with Gasteiger partial charge in [0.25, 0.3) is 5.91 Å². The van der Waals surface area contributed by atoms with Gasteiger partial charge in [0.15, 0.2) is 12.2 Å². The van der Waals surface area contributed by atoms with E-state index < -0.39 is 42.4 Å². The number of ether oxygens (including phenoxy) is 2. The minimum atomic E-state index is -1.52. The van der Waals surface area contributed by atoms with Crippen molar-refractivity contribution in [2.24, 2.45) is 4.99 Å². The van der Waals surface area contributed by atoms with E-state index in [0.717, 1.165) is 17.0 Å². The molecular formula is C22H23F2N3O6. The quantitative estimate of drug-likeness (QED) is 0.657. The molecule has 2 atom stereocenters. The van der Waals surface area contributed by atoms with E-state index in [1.165, 1.54) is 11.0 Å². The Morgan fingerprint density at radius 3 is 2.70 bits per heavy atom. The second-order valence-electron chi connectivity index (χ2n) is 7.76. The van der Waals surface area contributed by atoms with E-state index in [4.69, 9.17) is 14.6 Å². The fourth-order valence-corrected chi connectivity index (χ4v) is 3.85. The van der Waals surface area contributed by atoms with Crippen molar-refractivity contribution in [3.63, 3.8) is 0 Å². The summed E-state index contributed by atoms with van der Waals surface area (Å²) in [5.41, 5.74) is 0.172. The van der Waals surface area contributed by atoms with Crippen molar-refractivity contribution in [2.75, 3.05) is 44.3 Å². The number of rotatable bonds is 6. The van der Waals surface area contributed by atoms with Crippen molar-refractivity contribution >= 4 is 29.2 Å². The van der Waals surface area contributed by atoms with Crippen molar-refractivity contribution in [3.8, 4) is 0 Å². The highest BCUT2D eigenvalue weighted by molar-refractivity contribution is 5.91. The van der Waals surface area contributed by atoms with Crippen LogP contribution in [0.3, 0.4) is 0 Å². The zero-order valence-corrected chi connectivity index (χ0v) is 17.6. The van der Waals surface area contributed by atoms with E-state index in [1.54, 1.807) is 6.08 Å². The van der Waals surface area contributed by atoms with Crippen LogP contribution in [0.1, 0.15) is 12.0 Å². The SMILES string of the molecule is O=C(C(O)CO)N1CC=C(c2c(F)cc(N3CC(COC4=NCC=C4)OC3=O)cc2F)CC1. The molecule has 1 aromatic carbocycles. The molecule has 1 fully saturated rings. The number of hydrogen-bond donors (Lipinski definition) is 2. The fraction of sp³-hybridized carbons (Fsp3) is 0.409. The van der Waals surface area contributed by atoms with Crippen LogP contribution in [0.4, 0.5) is 19.3 Å². The first-order valence-electron chi connectivity index (χ1n) is 10.5. The predicted octanol–water partition coefficient (Wildman–Crippen LogP) is 1.24. The van der Waals surface area contributed by atoms with Gasteiger partial charge < -0.3 is 24.6 Å². The van der Waals surface area contributed by atoms with Gasteiger partial charge in [0.2, 0.25) is 5.90 Å². The maximum atomic E-state index is 14.9. The molecule has 0 bridgehead atoms. The van der Waals surface area contributed by atoms with E-state index in [0.29, 0.717) is 18.0 Å². The number of hydrogen-bond acceptors (Lipinski definition) is 7. The van der Waals surface area contributed by atoms with Gasteiger partial charge in [-0.3, -0.25) is 9.69 Å². The number of amides is 2. The molecule has 1 aromatic rings. The molecular weight excluding hydrogens is 440 g/mol. The fourth-order valence-electron chi connectivity index (χ4n) is 3.85. The van der Waals surface area contributed by atoms with Crippen molar-refractivity contribution < 1.29 is 38.1 Å². The van der Waals surface area contributed by atoms with Crippen molar-refractivity contribution in [2.45, 2.75) is 18.6 Å². The Morgan fingerprint density at radius 2 is 2.09 bits per heavy atom. The van der Waals surface area contributed by atoms with Gasteiger partial charge in [-0.15, -0.1) is 0 Å². The third kappa shape index (κ3) is 4.88. The molecule has 176 valence electrons. The van der Waals surface area contributed by atoms with Crippen LogP contribution < -0.4 is 4.90 Å². The van der Waals surface area contributed by atoms with E-state index >= 15 is 0 Å². The lowest BCUT2D eigenvalue weighted by atomic mass is 9.97. The third-order valence-corrected chi connectivity index (χ3v) is 5.54. The summed E-state index contributed by atoms with van der Waals surface area (Å²) in [5, 5.41) is 18.4. The van der Waals surface area contributed by atoms with Gasteiger partial charge in [-0.2, -0.15) is 0 Å². The third-order valence-electron chi connectivity index (χ3n) is 5.54. The standard InChI is InChI=1S/C22H23F2N3O6/c23-16-8-14(27-10-15(33-22(27)31)12-32-19-2-1-5-25-19)9-17(24)20(16)13-3-6-26(7-4-13)21(30)18(29)11-28/h1-3,8-9,15,18,28-29H,4-7,10-12H2. The summed E-state index contributed by atoms with van der Waals surface area (Å²) in [4.78, 5) is 30.7. The molecule has 0 saturated carbocycles. The van der Waals surface area contributed by atoms with Crippen LogP contribution in [0.25, 0.3) is 5.57 Å². The first-order valence-corrected chi connectivity index (χ1v) is 10.5. The number of carbonyl (C=O) groups is 2. The number of aliphatic hydroxyl groups excluding tert-OH is 2. The number of aliphatic imine (C=N–C) groups is 1. The molecule has 9 nitrogen and oxygen atoms in total. The second-order valence-corrected chi connectivity index (χ2v) is 7.76. The lowest BCUT2D eigenvalue weighted by Gasteiger charge is -2.28. The van der Waals surface area contributed by atoms with Gasteiger partial charge in [0.05, 0.1) is 25.4 Å². The molecule has 0 radical (unpaired) electrons. The van der Waals surface area contributed by atoms with E-state index in [2.05, 4.69) is 4.99 Å². The summed E-state index contributed by atoms with van der Waals surface area (Å²) < 4.78 is 40.5. The molecule has 2 N–H and O–H groups in total.